The van der Waals surface area contributed by atoms with E-state index in [0.29, 0.717) is 13.1 Å². The summed E-state index contributed by atoms with van der Waals surface area (Å²) in [6, 6.07) is 2.89. The molecule has 0 spiro atoms. The molecule has 0 saturated carbocycles. The largest absolute Gasteiger partial charge is 0.452 e. The van der Waals surface area contributed by atoms with Crippen LogP contribution >= 0.6 is 11.6 Å². The minimum atomic E-state index is -3.87. The van der Waals surface area contributed by atoms with Crippen molar-refractivity contribution in [3.05, 3.63) is 28.8 Å². The van der Waals surface area contributed by atoms with E-state index in [2.05, 4.69) is 5.32 Å². The fraction of sp³-hybridized carbons (Fsp3) is 0.526. The van der Waals surface area contributed by atoms with Gasteiger partial charge in [0.1, 0.15) is 4.90 Å². The van der Waals surface area contributed by atoms with Crippen molar-refractivity contribution in [3.8, 4) is 0 Å². The third-order valence-corrected chi connectivity index (χ3v) is 6.74. The zero-order chi connectivity index (χ0) is 22.3. The predicted octanol–water partition coefficient (Wildman–Crippen LogP) is 2.30. The summed E-state index contributed by atoms with van der Waals surface area (Å²) in [6.45, 7) is 3.54. The molecule has 0 bridgehead atoms. The van der Waals surface area contributed by atoms with Crippen molar-refractivity contribution in [2.75, 3.05) is 19.7 Å². The van der Waals surface area contributed by atoms with Crippen molar-refractivity contribution >= 4 is 39.5 Å². The van der Waals surface area contributed by atoms with Crippen LogP contribution in [0.3, 0.4) is 0 Å². The Morgan fingerprint density at radius 2 is 1.77 bits per heavy atom. The lowest BCUT2D eigenvalue weighted by Crippen LogP contribution is -2.44. The standard InChI is InChI=1S/C19H26ClN3O6S/c1-13(2)21-19(26)22-17(24)12-29-18(25)14-7-8-15(20)16(11-14)30(27,28)23-9-5-3-4-6-10-23/h7-8,11,13H,3-6,9-10,12H2,1-2H3,(H2,21,22,24,26). The van der Waals surface area contributed by atoms with Crippen LogP contribution in [0.2, 0.25) is 5.02 Å². The van der Waals surface area contributed by atoms with Crippen LogP contribution in [-0.2, 0) is 19.6 Å². The molecule has 1 aromatic carbocycles. The number of nitrogens with zero attached hydrogens (tertiary/aromatic N) is 1. The number of nitrogens with one attached hydrogen (secondary N) is 2. The summed E-state index contributed by atoms with van der Waals surface area (Å²) in [7, 11) is -3.87. The molecule has 2 rings (SSSR count). The second-order valence-corrected chi connectivity index (χ2v) is 9.53. The quantitative estimate of drug-likeness (QED) is 0.629. The number of amides is 3. The Bertz CT molecular complexity index is 896. The Morgan fingerprint density at radius 1 is 1.13 bits per heavy atom. The molecule has 0 aromatic heterocycles. The Balaban J connectivity index is 2.07. The number of carbonyl (C=O) groups excluding carboxylic acids is 3. The highest BCUT2D eigenvalue weighted by molar-refractivity contribution is 7.89. The zero-order valence-electron chi connectivity index (χ0n) is 16.9. The second kappa shape index (κ2) is 10.7. The average Bonchev–Trinajstić information content (AvgIpc) is 2.95. The van der Waals surface area contributed by atoms with Crippen LogP contribution in [0.1, 0.15) is 49.9 Å². The lowest BCUT2D eigenvalue weighted by Gasteiger charge is -2.21. The van der Waals surface area contributed by atoms with Gasteiger partial charge in [0.15, 0.2) is 6.61 Å². The lowest BCUT2D eigenvalue weighted by molar-refractivity contribution is -0.123. The third kappa shape index (κ3) is 6.68. The first-order chi connectivity index (χ1) is 14.1. The van der Waals surface area contributed by atoms with Crippen molar-refractivity contribution in [1.82, 2.24) is 14.9 Å². The molecule has 0 radical (unpaired) electrons. The lowest BCUT2D eigenvalue weighted by atomic mass is 10.2. The van der Waals surface area contributed by atoms with Gasteiger partial charge in [-0.1, -0.05) is 24.4 Å². The fourth-order valence-corrected chi connectivity index (χ4v) is 4.94. The van der Waals surface area contributed by atoms with Crippen LogP contribution in [0.15, 0.2) is 23.1 Å². The Hall–Kier alpha value is -2.17. The van der Waals surface area contributed by atoms with Crippen LogP contribution in [0, 0.1) is 0 Å². The van der Waals surface area contributed by atoms with Crippen LogP contribution in [0.5, 0.6) is 0 Å². The van der Waals surface area contributed by atoms with Crippen molar-refractivity contribution in [1.29, 1.82) is 0 Å². The van der Waals surface area contributed by atoms with Gasteiger partial charge in [-0.05, 0) is 44.9 Å². The topological polar surface area (TPSA) is 122 Å². The molecule has 11 heteroatoms. The smallest absolute Gasteiger partial charge is 0.338 e. The van der Waals surface area contributed by atoms with E-state index in [0.717, 1.165) is 31.7 Å². The van der Waals surface area contributed by atoms with Gasteiger partial charge in [-0.3, -0.25) is 10.1 Å². The number of hydrogen-bond acceptors (Lipinski definition) is 6. The average molecular weight is 460 g/mol. The number of carbonyl (C=O) groups is 3. The van der Waals surface area contributed by atoms with Gasteiger partial charge in [0.25, 0.3) is 5.91 Å². The van der Waals surface area contributed by atoms with Gasteiger partial charge < -0.3 is 10.1 Å². The molecular weight excluding hydrogens is 434 g/mol. The van der Waals surface area contributed by atoms with Gasteiger partial charge in [-0.2, -0.15) is 4.31 Å². The Morgan fingerprint density at radius 3 is 2.37 bits per heavy atom. The number of sulfonamides is 1. The number of benzene rings is 1. The molecular formula is C19H26ClN3O6S. The SMILES string of the molecule is CC(C)NC(=O)NC(=O)COC(=O)c1ccc(Cl)c(S(=O)(=O)N2CCCCCC2)c1. The minimum Gasteiger partial charge on any atom is -0.452 e. The maximum atomic E-state index is 13.0. The highest BCUT2D eigenvalue weighted by Crippen LogP contribution is 2.28. The molecule has 2 N–H and O–H groups in total. The first kappa shape index (κ1) is 24.1. The third-order valence-electron chi connectivity index (χ3n) is 4.36. The highest BCUT2D eigenvalue weighted by atomic mass is 35.5. The minimum absolute atomic E-state index is 0.00102. The van der Waals surface area contributed by atoms with Crippen LogP contribution < -0.4 is 10.6 Å². The van der Waals surface area contributed by atoms with Gasteiger partial charge in [-0.25, -0.2) is 18.0 Å². The van der Waals surface area contributed by atoms with Crippen LogP contribution in [-0.4, -0.2) is 56.4 Å². The first-order valence-electron chi connectivity index (χ1n) is 9.68. The van der Waals surface area contributed by atoms with Crippen LogP contribution in [0.25, 0.3) is 0 Å². The van der Waals surface area contributed by atoms with Gasteiger partial charge in [-0.15, -0.1) is 0 Å². The summed E-state index contributed by atoms with van der Waals surface area (Å²) in [5.74, 6) is -1.72. The zero-order valence-corrected chi connectivity index (χ0v) is 18.5. The number of urea groups is 1. The molecule has 166 valence electrons. The maximum Gasteiger partial charge on any atom is 0.338 e. The molecule has 1 aliphatic rings. The summed E-state index contributed by atoms with van der Waals surface area (Å²) >= 11 is 6.11. The van der Waals surface area contributed by atoms with Crippen molar-refractivity contribution in [2.24, 2.45) is 0 Å². The normalized spacial score (nSPS) is 15.3. The second-order valence-electron chi connectivity index (χ2n) is 7.22. The summed E-state index contributed by atoms with van der Waals surface area (Å²) in [4.78, 5) is 35.3. The van der Waals surface area contributed by atoms with Gasteiger partial charge in [0.05, 0.1) is 10.6 Å². The Kier molecular flexibility index (Phi) is 8.63. The highest BCUT2D eigenvalue weighted by Gasteiger charge is 2.28. The molecule has 3 amide bonds. The molecule has 1 fully saturated rings. The summed E-state index contributed by atoms with van der Waals surface area (Å²) in [5, 5.41) is 4.48. The van der Waals surface area contributed by atoms with E-state index in [-0.39, 0.29) is 21.5 Å². The number of rotatable bonds is 6. The maximum absolute atomic E-state index is 13.0. The number of esters is 1. The van der Waals surface area contributed by atoms with E-state index in [1.165, 1.54) is 16.4 Å². The molecule has 0 atom stereocenters. The fourth-order valence-electron chi connectivity index (χ4n) is 2.92. The first-order valence-corrected chi connectivity index (χ1v) is 11.5. The van der Waals surface area contributed by atoms with E-state index in [9.17, 15) is 22.8 Å². The van der Waals surface area contributed by atoms with Crippen molar-refractivity contribution < 1.29 is 27.5 Å². The Labute approximate surface area is 181 Å². The number of hydrogen-bond donors (Lipinski definition) is 2. The number of halogens is 1. The number of ether oxygens (including phenoxy) is 1. The molecule has 30 heavy (non-hydrogen) atoms. The molecule has 0 aliphatic carbocycles. The van der Waals surface area contributed by atoms with E-state index >= 15 is 0 Å². The monoisotopic (exact) mass is 459 g/mol. The summed E-state index contributed by atoms with van der Waals surface area (Å²) in [6.07, 6.45) is 3.45. The molecule has 1 aromatic rings. The van der Waals surface area contributed by atoms with Gasteiger partial charge in [0.2, 0.25) is 10.0 Å². The molecule has 1 aliphatic heterocycles. The van der Waals surface area contributed by atoms with E-state index in [1.54, 1.807) is 13.8 Å². The number of imide groups is 1. The molecule has 1 heterocycles. The summed E-state index contributed by atoms with van der Waals surface area (Å²) < 4.78 is 32.2. The molecule has 9 nitrogen and oxygen atoms in total. The van der Waals surface area contributed by atoms with Crippen LogP contribution in [0.4, 0.5) is 4.79 Å². The van der Waals surface area contributed by atoms with E-state index < -0.39 is 34.5 Å². The van der Waals surface area contributed by atoms with E-state index in [1.807, 2.05) is 5.32 Å². The molecule has 0 unspecified atom stereocenters. The molecule has 1 saturated heterocycles. The predicted molar refractivity (Wildman–Crippen MR) is 111 cm³/mol. The summed E-state index contributed by atoms with van der Waals surface area (Å²) in [5.41, 5.74) is -0.0628. The van der Waals surface area contributed by atoms with Gasteiger partial charge >= 0.3 is 12.0 Å². The van der Waals surface area contributed by atoms with Crippen molar-refractivity contribution in [3.63, 3.8) is 0 Å². The van der Waals surface area contributed by atoms with Crippen molar-refractivity contribution in [2.45, 2.75) is 50.5 Å². The van der Waals surface area contributed by atoms with Gasteiger partial charge in [0, 0.05) is 19.1 Å². The van der Waals surface area contributed by atoms with E-state index in [4.69, 9.17) is 16.3 Å².